The van der Waals surface area contributed by atoms with E-state index in [0.29, 0.717) is 0 Å². The van der Waals surface area contributed by atoms with Crippen molar-refractivity contribution >= 4 is 5.69 Å². The van der Waals surface area contributed by atoms with Crippen LogP contribution in [0.2, 0.25) is 0 Å². The summed E-state index contributed by atoms with van der Waals surface area (Å²) in [6.45, 7) is 7.48. The lowest BCUT2D eigenvalue weighted by Gasteiger charge is -2.40. The van der Waals surface area contributed by atoms with Crippen molar-refractivity contribution in [3.05, 3.63) is 30.1 Å². The second-order valence-electron chi connectivity index (χ2n) is 5.44. The zero-order valence-corrected chi connectivity index (χ0v) is 11.4. The Balaban J connectivity index is 2.06. The van der Waals surface area contributed by atoms with Gasteiger partial charge in [-0.15, -0.1) is 0 Å². The van der Waals surface area contributed by atoms with Crippen LogP contribution in [0.5, 0.6) is 0 Å². The van der Waals surface area contributed by atoms with E-state index in [4.69, 9.17) is 0 Å². The lowest BCUT2D eigenvalue weighted by atomic mass is 9.90. The highest BCUT2D eigenvalue weighted by Gasteiger charge is 2.28. The van der Waals surface area contributed by atoms with Gasteiger partial charge in [-0.2, -0.15) is 0 Å². The number of nitrogens with one attached hydrogen (secondary N) is 1. The van der Waals surface area contributed by atoms with Gasteiger partial charge in [-0.3, -0.25) is 0 Å². The molecule has 0 saturated carbocycles. The molecule has 0 spiro atoms. The maximum absolute atomic E-state index is 13.0. The molecular formula is C15H23FN2. The van der Waals surface area contributed by atoms with Crippen molar-refractivity contribution < 1.29 is 4.39 Å². The van der Waals surface area contributed by atoms with Crippen molar-refractivity contribution in [1.29, 1.82) is 0 Å². The maximum Gasteiger partial charge on any atom is 0.123 e. The second kappa shape index (κ2) is 5.70. The lowest BCUT2D eigenvalue weighted by Crippen LogP contribution is -2.53. The number of piperidine rings is 1. The summed E-state index contributed by atoms with van der Waals surface area (Å²) < 4.78 is 13.0. The molecule has 0 amide bonds. The monoisotopic (exact) mass is 250 g/mol. The molecule has 0 aromatic heterocycles. The number of likely N-dealkylation sites (N-methyl/N-ethyl adjacent to an activating group) is 1. The minimum atomic E-state index is -0.170. The Bertz CT molecular complexity index is 369. The fourth-order valence-electron chi connectivity index (χ4n) is 2.71. The van der Waals surface area contributed by atoms with E-state index in [9.17, 15) is 4.39 Å². The highest BCUT2D eigenvalue weighted by atomic mass is 19.1. The zero-order valence-electron chi connectivity index (χ0n) is 11.4. The minimum absolute atomic E-state index is 0.170. The first-order valence-electron chi connectivity index (χ1n) is 6.88. The Labute approximate surface area is 109 Å². The van der Waals surface area contributed by atoms with Gasteiger partial charge in [0.1, 0.15) is 5.82 Å². The Hall–Kier alpha value is -1.09. The summed E-state index contributed by atoms with van der Waals surface area (Å²) in [5.41, 5.74) is 1.29. The van der Waals surface area contributed by atoms with Crippen LogP contribution in [0.3, 0.4) is 0 Å². The van der Waals surface area contributed by atoms with Gasteiger partial charge in [-0.05, 0) is 57.5 Å². The van der Waals surface area contributed by atoms with E-state index in [1.165, 1.54) is 31.4 Å². The molecule has 1 atom stereocenters. The van der Waals surface area contributed by atoms with E-state index in [1.807, 2.05) is 12.1 Å². The molecule has 1 aromatic carbocycles. The molecular weight excluding hydrogens is 227 g/mol. The van der Waals surface area contributed by atoms with Crippen molar-refractivity contribution in [2.45, 2.75) is 38.6 Å². The number of benzene rings is 1. The normalized spacial score (nSPS) is 23.9. The standard InChI is InChI=1S/C15H23FN2/c1-3-18(14-8-6-13(16)7-9-14)12-15(2)10-4-5-11-17-15/h6-9,17H,3-5,10-12H2,1-2H3. The summed E-state index contributed by atoms with van der Waals surface area (Å²) in [5.74, 6) is -0.170. The molecule has 1 saturated heterocycles. The number of hydrogen-bond donors (Lipinski definition) is 1. The molecule has 18 heavy (non-hydrogen) atoms. The Morgan fingerprint density at radius 2 is 2.00 bits per heavy atom. The first-order valence-corrected chi connectivity index (χ1v) is 6.88. The van der Waals surface area contributed by atoms with Crippen LogP contribution in [0.4, 0.5) is 10.1 Å². The quantitative estimate of drug-likeness (QED) is 0.883. The molecule has 3 heteroatoms. The van der Waals surface area contributed by atoms with Crippen LogP contribution in [-0.4, -0.2) is 25.2 Å². The van der Waals surface area contributed by atoms with Crippen molar-refractivity contribution in [1.82, 2.24) is 5.32 Å². The molecule has 1 aliphatic rings. The highest BCUT2D eigenvalue weighted by molar-refractivity contribution is 5.46. The van der Waals surface area contributed by atoms with E-state index in [2.05, 4.69) is 24.1 Å². The summed E-state index contributed by atoms with van der Waals surface area (Å²) in [6, 6.07) is 6.80. The van der Waals surface area contributed by atoms with E-state index in [1.54, 1.807) is 0 Å². The largest absolute Gasteiger partial charge is 0.370 e. The summed E-state index contributed by atoms with van der Waals surface area (Å²) >= 11 is 0. The van der Waals surface area contributed by atoms with Crippen molar-refractivity contribution in [3.8, 4) is 0 Å². The molecule has 1 N–H and O–H groups in total. The molecule has 1 fully saturated rings. The topological polar surface area (TPSA) is 15.3 Å². The number of nitrogens with zero attached hydrogens (tertiary/aromatic N) is 1. The number of hydrogen-bond acceptors (Lipinski definition) is 2. The highest BCUT2D eigenvalue weighted by Crippen LogP contribution is 2.23. The fourth-order valence-corrected chi connectivity index (χ4v) is 2.71. The summed E-state index contributed by atoms with van der Waals surface area (Å²) in [7, 11) is 0. The van der Waals surface area contributed by atoms with E-state index >= 15 is 0 Å². The van der Waals surface area contributed by atoms with Gasteiger partial charge in [0, 0.05) is 24.3 Å². The Morgan fingerprint density at radius 3 is 2.56 bits per heavy atom. The molecule has 2 nitrogen and oxygen atoms in total. The third-order valence-electron chi connectivity index (χ3n) is 3.82. The van der Waals surface area contributed by atoms with Gasteiger partial charge < -0.3 is 10.2 Å². The summed E-state index contributed by atoms with van der Waals surface area (Å²) in [6.07, 6.45) is 3.79. The number of halogens is 1. The van der Waals surface area contributed by atoms with Crippen molar-refractivity contribution in [3.63, 3.8) is 0 Å². The molecule has 100 valence electrons. The van der Waals surface area contributed by atoms with Crippen LogP contribution >= 0.6 is 0 Å². The zero-order chi connectivity index (χ0) is 13.0. The minimum Gasteiger partial charge on any atom is -0.370 e. The van der Waals surface area contributed by atoms with Crippen molar-refractivity contribution in [2.75, 3.05) is 24.5 Å². The summed E-state index contributed by atoms with van der Waals surface area (Å²) in [4.78, 5) is 2.32. The lowest BCUT2D eigenvalue weighted by molar-refractivity contribution is 0.281. The van der Waals surface area contributed by atoms with Gasteiger partial charge in [0.05, 0.1) is 0 Å². The van der Waals surface area contributed by atoms with E-state index < -0.39 is 0 Å². The first-order chi connectivity index (χ1) is 8.63. The summed E-state index contributed by atoms with van der Waals surface area (Å²) in [5, 5.41) is 3.63. The third kappa shape index (κ3) is 3.22. The molecule has 2 rings (SSSR count). The SMILES string of the molecule is CCN(CC1(C)CCCCN1)c1ccc(F)cc1. The van der Waals surface area contributed by atoms with Crippen LogP contribution in [0.15, 0.2) is 24.3 Å². The van der Waals surface area contributed by atoms with E-state index in [0.717, 1.165) is 25.3 Å². The molecule has 1 aliphatic heterocycles. The predicted octanol–water partition coefficient (Wildman–Crippen LogP) is 3.18. The predicted molar refractivity (Wildman–Crippen MR) is 74.5 cm³/mol. The van der Waals surface area contributed by atoms with Crippen LogP contribution in [0, 0.1) is 5.82 Å². The molecule has 1 aromatic rings. The van der Waals surface area contributed by atoms with Gasteiger partial charge in [0.15, 0.2) is 0 Å². The molecule has 0 bridgehead atoms. The molecule has 1 heterocycles. The molecule has 0 aliphatic carbocycles. The van der Waals surface area contributed by atoms with Gasteiger partial charge in [0.2, 0.25) is 0 Å². The smallest absolute Gasteiger partial charge is 0.123 e. The van der Waals surface area contributed by atoms with Crippen LogP contribution in [0.1, 0.15) is 33.1 Å². The number of anilines is 1. The average Bonchev–Trinajstić information content (AvgIpc) is 2.38. The van der Waals surface area contributed by atoms with Crippen LogP contribution in [-0.2, 0) is 0 Å². The average molecular weight is 250 g/mol. The van der Waals surface area contributed by atoms with Gasteiger partial charge in [0.25, 0.3) is 0 Å². The maximum atomic E-state index is 13.0. The second-order valence-corrected chi connectivity index (χ2v) is 5.44. The molecule has 0 radical (unpaired) electrons. The number of rotatable bonds is 4. The Kier molecular flexibility index (Phi) is 4.23. The fraction of sp³-hybridized carbons (Fsp3) is 0.600. The van der Waals surface area contributed by atoms with E-state index in [-0.39, 0.29) is 11.4 Å². The third-order valence-corrected chi connectivity index (χ3v) is 3.82. The van der Waals surface area contributed by atoms with Crippen molar-refractivity contribution in [2.24, 2.45) is 0 Å². The van der Waals surface area contributed by atoms with Gasteiger partial charge in [-0.1, -0.05) is 6.42 Å². The van der Waals surface area contributed by atoms with Gasteiger partial charge in [-0.25, -0.2) is 4.39 Å². The Morgan fingerprint density at radius 1 is 1.28 bits per heavy atom. The van der Waals surface area contributed by atoms with Crippen LogP contribution < -0.4 is 10.2 Å². The first kappa shape index (κ1) is 13.3. The van der Waals surface area contributed by atoms with Gasteiger partial charge >= 0.3 is 0 Å². The molecule has 1 unspecified atom stereocenters. The van der Waals surface area contributed by atoms with Crippen LogP contribution in [0.25, 0.3) is 0 Å².